The molecule has 0 spiro atoms. The molecule has 0 amide bonds. The minimum Gasteiger partial charge on any atom is -0.383 e. The van der Waals surface area contributed by atoms with Gasteiger partial charge < -0.3 is 5.73 Å². The molecule has 1 aliphatic rings. The van der Waals surface area contributed by atoms with Crippen molar-refractivity contribution in [2.75, 3.05) is 12.0 Å². The number of thioether (sulfide) groups is 2. The molecule has 3 heterocycles. The first-order valence-electron chi connectivity index (χ1n) is 7.81. The predicted octanol–water partition coefficient (Wildman–Crippen LogP) is 4.41. The minimum atomic E-state index is 0.636. The summed E-state index contributed by atoms with van der Waals surface area (Å²) in [7, 11) is 0. The molecule has 126 valence electrons. The first kappa shape index (κ1) is 16.6. The van der Waals surface area contributed by atoms with Gasteiger partial charge in [0.1, 0.15) is 16.5 Å². The lowest BCUT2D eigenvalue weighted by Gasteiger charge is -2.03. The van der Waals surface area contributed by atoms with Crippen molar-refractivity contribution < 1.29 is 0 Å². The molecular weight excluding hydrogens is 378 g/mol. The molecule has 1 aliphatic carbocycles. The Bertz CT molecular complexity index is 872. The van der Waals surface area contributed by atoms with Gasteiger partial charge in [-0.05, 0) is 37.5 Å². The normalized spacial score (nSPS) is 14.7. The maximum atomic E-state index is 6.29. The molecule has 4 rings (SSSR count). The average Bonchev–Trinajstić information content (AvgIpc) is 3.11. The molecule has 0 saturated carbocycles. The number of aryl methyl sites for hydroxylation is 2. The van der Waals surface area contributed by atoms with E-state index in [0.717, 1.165) is 37.6 Å². The van der Waals surface area contributed by atoms with E-state index in [-0.39, 0.29) is 0 Å². The fourth-order valence-corrected chi connectivity index (χ4v) is 6.52. The van der Waals surface area contributed by atoms with E-state index in [4.69, 9.17) is 10.7 Å². The molecular formula is C15H17N5S4. The third-order valence-electron chi connectivity index (χ3n) is 4.03. The second-order valence-electron chi connectivity index (χ2n) is 5.60. The van der Waals surface area contributed by atoms with Crippen LogP contribution >= 0.6 is 46.2 Å². The van der Waals surface area contributed by atoms with Crippen LogP contribution in [-0.2, 0) is 18.6 Å². The van der Waals surface area contributed by atoms with Gasteiger partial charge in [-0.1, -0.05) is 41.3 Å². The fourth-order valence-electron chi connectivity index (χ4n) is 2.94. The van der Waals surface area contributed by atoms with Gasteiger partial charge in [0.2, 0.25) is 0 Å². The van der Waals surface area contributed by atoms with E-state index >= 15 is 0 Å². The Hall–Kier alpha value is -0.900. The van der Waals surface area contributed by atoms with Crippen LogP contribution in [0.15, 0.2) is 8.68 Å². The summed E-state index contributed by atoms with van der Waals surface area (Å²) in [5.74, 6) is 2.09. The third-order valence-corrected chi connectivity index (χ3v) is 8.24. The highest BCUT2D eigenvalue weighted by Crippen LogP contribution is 2.37. The van der Waals surface area contributed by atoms with Crippen LogP contribution in [0.1, 0.15) is 35.5 Å². The van der Waals surface area contributed by atoms with E-state index in [1.165, 1.54) is 29.7 Å². The Labute approximate surface area is 156 Å². The zero-order chi connectivity index (χ0) is 16.5. The molecule has 0 fully saturated rings. The largest absolute Gasteiger partial charge is 0.383 e. The molecule has 9 heteroatoms. The number of thiophene rings is 1. The summed E-state index contributed by atoms with van der Waals surface area (Å²) in [4.78, 5) is 11.8. The lowest BCUT2D eigenvalue weighted by atomic mass is 10.1. The van der Waals surface area contributed by atoms with Crippen LogP contribution in [0.5, 0.6) is 0 Å². The van der Waals surface area contributed by atoms with Crippen molar-refractivity contribution in [3.05, 3.63) is 16.3 Å². The van der Waals surface area contributed by atoms with Crippen molar-refractivity contribution in [2.24, 2.45) is 0 Å². The van der Waals surface area contributed by atoms with Crippen molar-refractivity contribution in [2.45, 2.75) is 46.5 Å². The lowest BCUT2D eigenvalue weighted by molar-refractivity contribution is 0.713. The number of nitrogens with two attached hydrogens (primary N) is 1. The van der Waals surface area contributed by atoms with Crippen LogP contribution in [0.25, 0.3) is 10.2 Å². The number of fused-ring (bicyclic) bond motifs is 3. The molecule has 2 N–H and O–H groups in total. The summed E-state index contributed by atoms with van der Waals surface area (Å²) in [5, 5.41) is 9.39. The summed E-state index contributed by atoms with van der Waals surface area (Å²) in [6.07, 6.45) is 8.09. The molecule has 0 aromatic carbocycles. The number of nitrogens with zero attached hydrogens (tertiary/aromatic N) is 4. The van der Waals surface area contributed by atoms with Gasteiger partial charge in [-0.2, -0.15) is 0 Å². The standard InChI is InChI=1S/C15H17N5S4/c1-21-14-19-20-15(24-14)22-7-10-17-12(16)11-8-5-3-2-4-6-9(8)23-13(11)18-10/h2-7H2,1H3,(H2,16,17,18). The van der Waals surface area contributed by atoms with E-state index < -0.39 is 0 Å². The molecule has 3 aromatic heterocycles. The van der Waals surface area contributed by atoms with Gasteiger partial charge in [-0.15, -0.1) is 21.5 Å². The van der Waals surface area contributed by atoms with Gasteiger partial charge in [0.25, 0.3) is 0 Å². The molecule has 0 atom stereocenters. The summed E-state index contributed by atoms with van der Waals surface area (Å²) in [5.41, 5.74) is 7.69. The van der Waals surface area contributed by atoms with Crippen LogP contribution in [0.3, 0.4) is 0 Å². The number of rotatable bonds is 4. The van der Waals surface area contributed by atoms with Crippen LogP contribution in [0.4, 0.5) is 5.82 Å². The Balaban J connectivity index is 1.60. The van der Waals surface area contributed by atoms with E-state index in [9.17, 15) is 0 Å². The third kappa shape index (κ3) is 3.26. The van der Waals surface area contributed by atoms with Gasteiger partial charge >= 0.3 is 0 Å². The van der Waals surface area contributed by atoms with Crippen LogP contribution in [0, 0.1) is 0 Å². The van der Waals surface area contributed by atoms with Gasteiger partial charge in [0, 0.05) is 4.88 Å². The Morgan fingerprint density at radius 1 is 1.04 bits per heavy atom. The Morgan fingerprint density at radius 2 is 1.88 bits per heavy atom. The van der Waals surface area contributed by atoms with Crippen molar-refractivity contribution >= 4 is 62.2 Å². The first-order valence-corrected chi connectivity index (χ1v) is 11.7. The average molecular weight is 396 g/mol. The van der Waals surface area contributed by atoms with Crippen molar-refractivity contribution in [3.8, 4) is 0 Å². The molecule has 0 unspecified atom stereocenters. The minimum absolute atomic E-state index is 0.636. The second kappa shape index (κ2) is 7.15. The number of nitrogen functional groups attached to an aromatic ring is 1. The zero-order valence-corrected chi connectivity index (χ0v) is 16.5. The molecule has 24 heavy (non-hydrogen) atoms. The smallest absolute Gasteiger partial charge is 0.175 e. The highest BCUT2D eigenvalue weighted by molar-refractivity contribution is 8.02. The highest BCUT2D eigenvalue weighted by Gasteiger charge is 2.19. The maximum Gasteiger partial charge on any atom is 0.175 e. The molecule has 0 radical (unpaired) electrons. The molecule has 5 nitrogen and oxygen atoms in total. The van der Waals surface area contributed by atoms with Gasteiger partial charge in [-0.3, -0.25) is 0 Å². The van der Waals surface area contributed by atoms with Crippen LogP contribution < -0.4 is 5.73 Å². The number of hydrogen-bond acceptors (Lipinski definition) is 9. The topological polar surface area (TPSA) is 77.6 Å². The van der Waals surface area contributed by atoms with Gasteiger partial charge in [-0.25, -0.2) is 9.97 Å². The maximum absolute atomic E-state index is 6.29. The van der Waals surface area contributed by atoms with E-state index in [2.05, 4.69) is 15.2 Å². The summed E-state index contributed by atoms with van der Waals surface area (Å²) in [6, 6.07) is 0. The first-order chi connectivity index (χ1) is 11.7. The predicted molar refractivity (Wildman–Crippen MR) is 104 cm³/mol. The molecule has 3 aromatic rings. The molecule has 0 aliphatic heterocycles. The quantitative estimate of drug-likeness (QED) is 0.518. The summed E-state index contributed by atoms with van der Waals surface area (Å²) < 4.78 is 1.93. The van der Waals surface area contributed by atoms with Crippen molar-refractivity contribution in [3.63, 3.8) is 0 Å². The Kier molecular flexibility index (Phi) is 4.93. The zero-order valence-electron chi connectivity index (χ0n) is 13.2. The SMILES string of the molecule is CSc1nnc(SCc2nc(N)c3c4c(sc3n2)CCCCC4)s1. The summed E-state index contributed by atoms with van der Waals surface area (Å²) >= 11 is 6.64. The molecule has 0 saturated heterocycles. The van der Waals surface area contributed by atoms with Crippen LogP contribution in [-0.4, -0.2) is 26.4 Å². The summed E-state index contributed by atoms with van der Waals surface area (Å²) in [6.45, 7) is 0. The fraction of sp³-hybridized carbons (Fsp3) is 0.467. The Morgan fingerprint density at radius 3 is 2.71 bits per heavy atom. The molecule has 0 bridgehead atoms. The van der Waals surface area contributed by atoms with Crippen molar-refractivity contribution in [1.29, 1.82) is 0 Å². The monoisotopic (exact) mass is 395 g/mol. The van der Waals surface area contributed by atoms with Crippen LogP contribution in [0.2, 0.25) is 0 Å². The van der Waals surface area contributed by atoms with E-state index in [1.807, 2.05) is 6.26 Å². The van der Waals surface area contributed by atoms with Crippen molar-refractivity contribution in [1.82, 2.24) is 20.2 Å². The second-order valence-corrected chi connectivity index (χ2v) is 9.93. The number of aromatic nitrogens is 4. The lowest BCUT2D eigenvalue weighted by Crippen LogP contribution is -2.00. The van der Waals surface area contributed by atoms with Gasteiger partial charge in [0.15, 0.2) is 8.68 Å². The number of hydrogen-bond donors (Lipinski definition) is 1. The van der Waals surface area contributed by atoms with E-state index in [1.54, 1.807) is 46.2 Å². The highest BCUT2D eigenvalue weighted by atomic mass is 32.2. The van der Waals surface area contributed by atoms with Gasteiger partial charge in [0.05, 0.1) is 11.1 Å². The number of anilines is 1. The van der Waals surface area contributed by atoms with E-state index in [0.29, 0.717) is 11.6 Å².